The van der Waals surface area contributed by atoms with Crippen molar-refractivity contribution in [2.24, 2.45) is 0 Å². The first-order valence-corrected chi connectivity index (χ1v) is 4.34. The van der Waals surface area contributed by atoms with Crippen LogP contribution in [0.15, 0.2) is 24.7 Å². The van der Waals surface area contributed by atoms with Crippen LogP contribution < -0.4 is 0 Å². The van der Waals surface area contributed by atoms with Crippen LogP contribution in [0, 0.1) is 13.8 Å². The highest BCUT2D eigenvalue weighted by molar-refractivity contribution is 5.49. The highest BCUT2D eigenvalue weighted by Crippen LogP contribution is 2.11. The van der Waals surface area contributed by atoms with Crippen molar-refractivity contribution in [2.75, 3.05) is 0 Å². The van der Waals surface area contributed by atoms with Gasteiger partial charge in [-0.1, -0.05) is 0 Å². The van der Waals surface area contributed by atoms with Gasteiger partial charge in [0.1, 0.15) is 17.8 Å². The van der Waals surface area contributed by atoms with Gasteiger partial charge in [-0.2, -0.15) is 0 Å². The maximum atomic E-state index is 4.20. The molecule has 0 N–H and O–H groups in total. The monoisotopic (exact) mass is 186 g/mol. The molecule has 2 aromatic heterocycles. The van der Waals surface area contributed by atoms with Crippen molar-refractivity contribution in [1.29, 1.82) is 0 Å². The Balaban J connectivity index is 2.49. The van der Waals surface area contributed by atoms with Crippen LogP contribution in [0.5, 0.6) is 0 Å². The molecule has 0 saturated heterocycles. The molecule has 2 rings (SSSR count). The average Bonchev–Trinajstić information content (AvgIpc) is 2.18. The van der Waals surface area contributed by atoms with Crippen LogP contribution in [0.1, 0.15) is 11.4 Å². The van der Waals surface area contributed by atoms with Crippen LogP contribution in [-0.2, 0) is 0 Å². The lowest BCUT2D eigenvalue weighted by molar-refractivity contribution is 0.974. The fourth-order valence-corrected chi connectivity index (χ4v) is 1.16. The standard InChI is InChI=1S/C10H10N4/c1-7-3-4-11-9(5-7)10-13-6-12-8(2)14-10/h3-6H,1-2H3. The summed E-state index contributed by atoms with van der Waals surface area (Å²) in [5.74, 6) is 1.33. The molecule has 0 aliphatic carbocycles. The summed E-state index contributed by atoms with van der Waals surface area (Å²) in [6, 6.07) is 3.90. The van der Waals surface area contributed by atoms with Crippen LogP contribution in [0.4, 0.5) is 0 Å². The molecule has 0 aromatic carbocycles. The van der Waals surface area contributed by atoms with Gasteiger partial charge in [0.05, 0.1) is 0 Å². The fourth-order valence-electron chi connectivity index (χ4n) is 1.16. The van der Waals surface area contributed by atoms with Gasteiger partial charge in [0.15, 0.2) is 5.82 Å². The van der Waals surface area contributed by atoms with Gasteiger partial charge in [-0.15, -0.1) is 0 Å². The smallest absolute Gasteiger partial charge is 0.181 e. The van der Waals surface area contributed by atoms with E-state index < -0.39 is 0 Å². The summed E-state index contributed by atoms with van der Waals surface area (Å²) in [7, 11) is 0. The summed E-state index contributed by atoms with van der Waals surface area (Å²) in [6.45, 7) is 3.85. The zero-order chi connectivity index (χ0) is 9.97. The summed E-state index contributed by atoms with van der Waals surface area (Å²) in [6.07, 6.45) is 3.26. The summed E-state index contributed by atoms with van der Waals surface area (Å²) >= 11 is 0. The van der Waals surface area contributed by atoms with Crippen LogP contribution >= 0.6 is 0 Å². The Morgan fingerprint density at radius 2 is 1.93 bits per heavy atom. The van der Waals surface area contributed by atoms with Crippen LogP contribution in [-0.4, -0.2) is 19.9 Å². The molecule has 2 heterocycles. The molecule has 2 aromatic rings. The van der Waals surface area contributed by atoms with Crippen molar-refractivity contribution in [3.05, 3.63) is 36.0 Å². The quantitative estimate of drug-likeness (QED) is 0.678. The maximum Gasteiger partial charge on any atom is 0.181 e. The van der Waals surface area contributed by atoms with Gasteiger partial charge in [0.25, 0.3) is 0 Å². The highest BCUT2D eigenvalue weighted by Gasteiger charge is 2.02. The predicted molar refractivity (Wildman–Crippen MR) is 52.5 cm³/mol. The molecule has 4 heteroatoms. The first-order valence-electron chi connectivity index (χ1n) is 4.34. The number of aryl methyl sites for hydroxylation is 2. The number of hydrogen-bond donors (Lipinski definition) is 0. The fraction of sp³-hybridized carbons (Fsp3) is 0.200. The summed E-state index contributed by atoms with van der Waals surface area (Å²) in [4.78, 5) is 16.4. The van der Waals surface area contributed by atoms with E-state index in [4.69, 9.17) is 0 Å². The largest absolute Gasteiger partial charge is 0.253 e. The minimum Gasteiger partial charge on any atom is -0.253 e. The highest BCUT2D eigenvalue weighted by atomic mass is 15.0. The van der Waals surface area contributed by atoms with E-state index in [9.17, 15) is 0 Å². The van der Waals surface area contributed by atoms with E-state index in [1.54, 1.807) is 6.20 Å². The van der Waals surface area contributed by atoms with Crippen molar-refractivity contribution < 1.29 is 0 Å². The molecule has 0 aliphatic rings. The van der Waals surface area contributed by atoms with Crippen LogP contribution in [0.2, 0.25) is 0 Å². The van der Waals surface area contributed by atoms with E-state index >= 15 is 0 Å². The molecular formula is C10H10N4. The zero-order valence-electron chi connectivity index (χ0n) is 8.10. The third-order valence-electron chi connectivity index (χ3n) is 1.84. The van der Waals surface area contributed by atoms with E-state index in [1.807, 2.05) is 26.0 Å². The van der Waals surface area contributed by atoms with Gasteiger partial charge in [-0.3, -0.25) is 4.98 Å². The second-order valence-corrected chi connectivity index (χ2v) is 3.07. The average molecular weight is 186 g/mol. The van der Waals surface area contributed by atoms with Crippen molar-refractivity contribution >= 4 is 0 Å². The zero-order valence-corrected chi connectivity index (χ0v) is 8.10. The van der Waals surface area contributed by atoms with Gasteiger partial charge in [0, 0.05) is 6.20 Å². The van der Waals surface area contributed by atoms with E-state index in [-0.39, 0.29) is 0 Å². The van der Waals surface area contributed by atoms with Gasteiger partial charge in [-0.05, 0) is 31.5 Å². The Morgan fingerprint density at radius 3 is 2.64 bits per heavy atom. The first-order chi connectivity index (χ1) is 6.75. The molecule has 0 radical (unpaired) electrons. The number of hydrogen-bond acceptors (Lipinski definition) is 4. The lowest BCUT2D eigenvalue weighted by Gasteiger charge is -1.99. The van der Waals surface area contributed by atoms with E-state index in [0.29, 0.717) is 11.6 Å². The first kappa shape index (κ1) is 8.74. The van der Waals surface area contributed by atoms with Crippen LogP contribution in [0.25, 0.3) is 11.5 Å². The maximum absolute atomic E-state index is 4.20. The molecule has 0 amide bonds. The molecular weight excluding hydrogens is 176 g/mol. The number of pyridine rings is 1. The van der Waals surface area contributed by atoms with E-state index in [0.717, 1.165) is 11.3 Å². The molecule has 14 heavy (non-hydrogen) atoms. The number of aromatic nitrogens is 4. The Hall–Kier alpha value is -1.84. The molecule has 0 atom stereocenters. The topological polar surface area (TPSA) is 51.6 Å². The molecule has 0 spiro atoms. The third kappa shape index (κ3) is 1.74. The molecule has 70 valence electrons. The lowest BCUT2D eigenvalue weighted by Crippen LogP contribution is -1.95. The third-order valence-corrected chi connectivity index (χ3v) is 1.84. The van der Waals surface area contributed by atoms with E-state index in [1.165, 1.54) is 6.33 Å². The SMILES string of the molecule is Cc1ccnc(-c2ncnc(C)n2)c1. The minimum atomic E-state index is 0.626. The molecule has 0 fully saturated rings. The Morgan fingerprint density at radius 1 is 1.07 bits per heavy atom. The van der Waals surface area contributed by atoms with Crippen molar-refractivity contribution in [3.63, 3.8) is 0 Å². The number of rotatable bonds is 1. The summed E-state index contributed by atoms with van der Waals surface area (Å²) in [5, 5.41) is 0. The van der Waals surface area contributed by atoms with Crippen LogP contribution in [0.3, 0.4) is 0 Å². The second-order valence-electron chi connectivity index (χ2n) is 3.07. The summed E-state index contributed by atoms with van der Waals surface area (Å²) in [5.41, 5.74) is 1.93. The van der Waals surface area contributed by atoms with Crippen molar-refractivity contribution in [1.82, 2.24) is 19.9 Å². The number of nitrogens with zero attached hydrogens (tertiary/aromatic N) is 4. The summed E-state index contributed by atoms with van der Waals surface area (Å²) < 4.78 is 0. The Bertz CT molecular complexity index is 410. The van der Waals surface area contributed by atoms with Gasteiger partial charge in [0.2, 0.25) is 0 Å². The predicted octanol–water partition coefficient (Wildman–Crippen LogP) is 1.55. The molecule has 0 bridgehead atoms. The van der Waals surface area contributed by atoms with E-state index in [2.05, 4.69) is 19.9 Å². The molecule has 0 unspecified atom stereocenters. The van der Waals surface area contributed by atoms with Crippen molar-refractivity contribution in [3.8, 4) is 11.5 Å². The minimum absolute atomic E-state index is 0.626. The molecule has 4 nitrogen and oxygen atoms in total. The second kappa shape index (κ2) is 3.49. The molecule has 0 aliphatic heterocycles. The van der Waals surface area contributed by atoms with Crippen molar-refractivity contribution in [2.45, 2.75) is 13.8 Å². The molecule has 0 saturated carbocycles. The van der Waals surface area contributed by atoms with Gasteiger partial charge >= 0.3 is 0 Å². The Kier molecular flexibility index (Phi) is 2.18. The Labute approximate surface area is 82.1 Å². The van der Waals surface area contributed by atoms with Gasteiger partial charge in [-0.25, -0.2) is 15.0 Å². The van der Waals surface area contributed by atoms with Gasteiger partial charge < -0.3 is 0 Å². The normalized spacial score (nSPS) is 10.1. The lowest BCUT2D eigenvalue weighted by atomic mass is 10.2.